The zero-order valence-electron chi connectivity index (χ0n) is 12.3. The minimum atomic E-state index is -1.04. The molecule has 0 saturated heterocycles. The van der Waals surface area contributed by atoms with Crippen LogP contribution in [0.1, 0.15) is 27.8 Å². The average molecular weight is 332 g/mol. The first kappa shape index (κ1) is 15.1. The molecule has 0 bridgehead atoms. The number of aromatic nitrogens is 4. The molecule has 0 aliphatic rings. The van der Waals surface area contributed by atoms with Gasteiger partial charge in [0.15, 0.2) is 0 Å². The van der Waals surface area contributed by atoms with E-state index in [1.807, 2.05) is 50.4 Å². The number of benzene rings is 1. The maximum atomic E-state index is 12.5. The Hall–Kier alpha value is -1.86. The van der Waals surface area contributed by atoms with Crippen LogP contribution in [-0.2, 0) is 16.6 Å². The topological polar surface area (TPSA) is 60.7 Å². The predicted octanol–water partition coefficient (Wildman–Crippen LogP) is 3.04. The molecule has 0 aliphatic carbocycles. The van der Waals surface area contributed by atoms with Crippen LogP contribution in [0.5, 0.6) is 0 Å². The fraction of sp³-hybridized carbons (Fsp3) is 0.267. The number of thiazole rings is 1. The van der Waals surface area contributed by atoms with Gasteiger partial charge in [0.1, 0.15) is 0 Å². The van der Waals surface area contributed by atoms with Crippen molar-refractivity contribution in [2.75, 3.05) is 0 Å². The van der Waals surface area contributed by atoms with E-state index in [1.54, 1.807) is 22.2 Å². The lowest BCUT2D eigenvalue weighted by Crippen LogP contribution is -2.05. The van der Waals surface area contributed by atoms with Crippen molar-refractivity contribution in [2.24, 2.45) is 0 Å². The molecule has 3 aromatic rings. The summed E-state index contributed by atoms with van der Waals surface area (Å²) in [5.74, 6) is 0.505. The summed E-state index contributed by atoms with van der Waals surface area (Å²) in [5, 5.41) is 9.12. The van der Waals surface area contributed by atoms with Gasteiger partial charge < -0.3 is 0 Å². The van der Waals surface area contributed by atoms with E-state index < -0.39 is 10.8 Å². The molecule has 2 atom stereocenters. The van der Waals surface area contributed by atoms with E-state index in [4.69, 9.17) is 0 Å². The molecule has 22 heavy (non-hydrogen) atoms. The second kappa shape index (κ2) is 6.50. The standard InChI is InChI=1S/C15H16N4OS2/c1-11(22(20)10-14-8-16-12(2)21-14)15-9-19(18-17-15)13-6-4-3-5-7-13/h3-9,11H,10H2,1-2H3/t11-,22-/m0/s1. The number of rotatable bonds is 5. The zero-order valence-corrected chi connectivity index (χ0v) is 14.0. The monoisotopic (exact) mass is 332 g/mol. The van der Waals surface area contributed by atoms with Crippen LogP contribution in [-0.4, -0.2) is 24.2 Å². The molecule has 0 spiro atoms. The van der Waals surface area contributed by atoms with Gasteiger partial charge >= 0.3 is 0 Å². The molecule has 5 nitrogen and oxygen atoms in total. The Morgan fingerprint density at radius 1 is 1.32 bits per heavy atom. The Kier molecular flexibility index (Phi) is 4.44. The lowest BCUT2D eigenvalue weighted by atomic mass is 10.3. The second-order valence-corrected chi connectivity index (χ2v) is 8.01. The third-order valence-corrected chi connectivity index (χ3v) is 6.02. The number of hydrogen-bond acceptors (Lipinski definition) is 5. The highest BCUT2D eigenvalue weighted by Gasteiger charge is 2.18. The summed E-state index contributed by atoms with van der Waals surface area (Å²) in [7, 11) is -1.04. The summed E-state index contributed by atoms with van der Waals surface area (Å²) < 4.78 is 14.2. The van der Waals surface area contributed by atoms with Crippen molar-refractivity contribution >= 4 is 22.1 Å². The van der Waals surface area contributed by atoms with Gasteiger partial charge in [-0.15, -0.1) is 16.4 Å². The van der Waals surface area contributed by atoms with Crippen molar-refractivity contribution in [3.05, 3.63) is 58.3 Å². The summed E-state index contributed by atoms with van der Waals surface area (Å²) >= 11 is 1.59. The summed E-state index contributed by atoms with van der Waals surface area (Å²) in [6, 6.07) is 9.77. The van der Waals surface area contributed by atoms with Gasteiger partial charge in [0.05, 0.1) is 33.6 Å². The molecular weight excluding hydrogens is 316 g/mol. The van der Waals surface area contributed by atoms with Gasteiger partial charge in [0.25, 0.3) is 0 Å². The number of para-hydroxylation sites is 1. The summed E-state index contributed by atoms with van der Waals surface area (Å²) in [6.45, 7) is 3.87. The van der Waals surface area contributed by atoms with E-state index >= 15 is 0 Å². The van der Waals surface area contributed by atoms with Crippen LogP contribution in [0.25, 0.3) is 5.69 Å². The normalized spacial score (nSPS) is 13.9. The van der Waals surface area contributed by atoms with Gasteiger partial charge in [-0.05, 0) is 26.0 Å². The Balaban J connectivity index is 1.73. The van der Waals surface area contributed by atoms with E-state index in [0.29, 0.717) is 5.75 Å². The summed E-state index contributed by atoms with van der Waals surface area (Å²) in [4.78, 5) is 5.24. The first-order valence-corrected chi connectivity index (χ1v) is 9.09. The molecule has 0 aliphatic heterocycles. The minimum absolute atomic E-state index is 0.167. The summed E-state index contributed by atoms with van der Waals surface area (Å²) in [6.07, 6.45) is 3.64. The van der Waals surface area contributed by atoms with E-state index in [1.165, 1.54) is 0 Å². The first-order valence-electron chi connectivity index (χ1n) is 6.89. The molecule has 0 N–H and O–H groups in total. The second-order valence-electron chi connectivity index (χ2n) is 4.94. The lowest BCUT2D eigenvalue weighted by Gasteiger charge is -2.06. The van der Waals surface area contributed by atoms with Gasteiger partial charge in [0, 0.05) is 21.9 Å². The molecule has 2 heterocycles. The van der Waals surface area contributed by atoms with Crippen molar-refractivity contribution in [3.8, 4) is 5.69 Å². The maximum Gasteiger partial charge on any atom is 0.0984 e. The number of hydrogen-bond donors (Lipinski definition) is 0. The van der Waals surface area contributed by atoms with Crippen LogP contribution in [0.2, 0.25) is 0 Å². The molecule has 2 aromatic heterocycles. The fourth-order valence-corrected chi connectivity index (χ4v) is 4.20. The molecule has 1 aromatic carbocycles. The average Bonchev–Trinajstić information content (AvgIpc) is 3.17. The minimum Gasteiger partial charge on any atom is -0.259 e. The SMILES string of the molecule is Cc1ncc(C[S@](=O)[C@@H](C)c2cn(-c3ccccc3)nn2)s1. The lowest BCUT2D eigenvalue weighted by molar-refractivity contribution is 0.674. The third kappa shape index (κ3) is 3.31. The molecular formula is C15H16N4OS2. The highest BCUT2D eigenvalue weighted by molar-refractivity contribution is 7.84. The first-order chi connectivity index (χ1) is 10.6. The van der Waals surface area contributed by atoms with E-state index in [9.17, 15) is 4.21 Å². The Labute approximate surface area is 135 Å². The number of nitrogens with zero attached hydrogens (tertiary/aromatic N) is 4. The predicted molar refractivity (Wildman–Crippen MR) is 88.5 cm³/mol. The maximum absolute atomic E-state index is 12.5. The van der Waals surface area contributed by atoms with Crippen molar-refractivity contribution in [1.82, 2.24) is 20.0 Å². The molecule has 0 radical (unpaired) electrons. The van der Waals surface area contributed by atoms with Crippen molar-refractivity contribution in [1.29, 1.82) is 0 Å². The van der Waals surface area contributed by atoms with E-state index in [0.717, 1.165) is 21.3 Å². The quantitative estimate of drug-likeness (QED) is 0.720. The highest BCUT2D eigenvalue weighted by atomic mass is 32.2. The van der Waals surface area contributed by atoms with Crippen molar-refractivity contribution in [3.63, 3.8) is 0 Å². The third-order valence-electron chi connectivity index (χ3n) is 3.30. The van der Waals surface area contributed by atoms with Gasteiger partial charge in [-0.1, -0.05) is 23.4 Å². The van der Waals surface area contributed by atoms with Crippen molar-refractivity contribution in [2.45, 2.75) is 24.9 Å². The van der Waals surface area contributed by atoms with Gasteiger partial charge in [-0.2, -0.15) is 0 Å². The van der Waals surface area contributed by atoms with Crippen LogP contribution >= 0.6 is 11.3 Å². The van der Waals surface area contributed by atoms with Crippen LogP contribution in [0.15, 0.2) is 42.7 Å². The van der Waals surface area contributed by atoms with E-state index in [-0.39, 0.29) is 5.25 Å². The molecule has 0 fully saturated rings. The van der Waals surface area contributed by atoms with Crippen molar-refractivity contribution < 1.29 is 4.21 Å². The van der Waals surface area contributed by atoms with Crippen LogP contribution in [0.4, 0.5) is 0 Å². The zero-order chi connectivity index (χ0) is 15.5. The van der Waals surface area contributed by atoms with E-state index in [2.05, 4.69) is 15.3 Å². The highest BCUT2D eigenvalue weighted by Crippen LogP contribution is 2.23. The number of aryl methyl sites for hydroxylation is 1. The largest absolute Gasteiger partial charge is 0.259 e. The van der Waals surface area contributed by atoms with Crippen LogP contribution in [0.3, 0.4) is 0 Å². The fourth-order valence-electron chi connectivity index (χ4n) is 2.04. The molecule has 0 saturated carbocycles. The molecule has 7 heteroatoms. The van der Waals surface area contributed by atoms with Crippen LogP contribution in [0, 0.1) is 6.92 Å². The van der Waals surface area contributed by atoms with Gasteiger partial charge in [0.2, 0.25) is 0 Å². The molecule has 114 valence electrons. The van der Waals surface area contributed by atoms with Gasteiger partial charge in [-0.3, -0.25) is 4.21 Å². The Morgan fingerprint density at radius 3 is 2.77 bits per heavy atom. The Morgan fingerprint density at radius 2 is 2.09 bits per heavy atom. The van der Waals surface area contributed by atoms with Gasteiger partial charge in [-0.25, -0.2) is 9.67 Å². The molecule has 3 rings (SSSR count). The molecule has 0 unspecified atom stereocenters. The summed E-state index contributed by atoms with van der Waals surface area (Å²) in [5.41, 5.74) is 1.68. The smallest absolute Gasteiger partial charge is 0.0984 e. The molecule has 0 amide bonds. The van der Waals surface area contributed by atoms with Crippen LogP contribution < -0.4 is 0 Å². The Bertz CT molecular complexity index is 782.